The third kappa shape index (κ3) is 3.96. The third-order valence-corrected chi connectivity index (χ3v) is 3.47. The van der Waals surface area contributed by atoms with Crippen LogP contribution in [0.15, 0.2) is 18.2 Å². The molecule has 1 amide bonds. The van der Waals surface area contributed by atoms with E-state index >= 15 is 0 Å². The lowest BCUT2D eigenvalue weighted by molar-refractivity contribution is -0.123. The summed E-state index contributed by atoms with van der Waals surface area (Å²) in [7, 11) is 0. The van der Waals surface area contributed by atoms with Crippen LogP contribution in [-0.4, -0.2) is 23.7 Å². The maximum atomic E-state index is 11.7. The van der Waals surface area contributed by atoms with Gasteiger partial charge >= 0.3 is 0 Å². The van der Waals surface area contributed by atoms with Gasteiger partial charge < -0.3 is 15.2 Å². The number of aliphatic hydroxyl groups excluding tert-OH is 1. The van der Waals surface area contributed by atoms with Crippen molar-refractivity contribution in [2.75, 3.05) is 6.61 Å². The van der Waals surface area contributed by atoms with Crippen LogP contribution in [0.1, 0.15) is 36.8 Å². The highest BCUT2D eigenvalue weighted by molar-refractivity contribution is 5.77. The first-order valence-corrected chi connectivity index (χ1v) is 6.81. The van der Waals surface area contributed by atoms with E-state index in [9.17, 15) is 9.90 Å². The van der Waals surface area contributed by atoms with Gasteiger partial charge in [0, 0.05) is 11.6 Å². The highest BCUT2D eigenvalue weighted by Gasteiger charge is 2.17. The Labute approximate surface area is 113 Å². The van der Waals surface area contributed by atoms with E-state index in [-0.39, 0.29) is 19.1 Å². The molecule has 1 aliphatic carbocycles. The summed E-state index contributed by atoms with van der Waals surface area (Å²) in [5.74, 6) is 0.492. The molecule has 19 heavy (non-hydrogen) atoms. The highest BCUT2D eigenvalue weighted by atomic mass is 16.5. The highest BCUT2D eigenvalue weighted by Crippen LogP contribution is 2.20. The quantitative estimate of drug-likeness (QED) is 0.853. The molecule has 0 atom stereocenters. The minimum atomic E-state index is -0.0867. The van der Waals surface area contributed by atoms with Gasteiger partial charge in [0.05, 0.1) is 6.61 Å². The Morgan fingerprint density at radius 2 is 2.16 bits per heavy atom. The molecule has 0 bridgehead atoms. The Bertz CT molecular complexity index is 439. The van der Waals surface area contributed by atoms with E-state index in [0.717, 1.165) is 18.4 Å². The standard InChI is InChI=1S/C15H21NO3/c1-11-6-7-14(12(8-11)9-17)19-10-15(18)16-13-4-2-3-5-13/h6-8,13,17H,2-5,9-10H2,1H3,(H,16,18). The number of nitrogens with one attached hydrogen (secondary N) is 1. The predicted octanol–water partition coefficient (Wildman–Crippen LogP) is 1.92. The summed E-state index contributed by atoms with van der Waals surface area (Å²) in [6, 6.07) is 5.88. The lowest BCUT2D eigenvalue weighted by atomic mass is 10.1. The number of hydrogen-bond donors (Lipinski definition) is 2. The van der Waals surface area contributed by atoms with Crippen LogP contribution in [0.5, 0.6) is 5.75 Å². The second-order valence-corrected chi connectivity index (χ2v) is 5.11. The van der Waals surface area contributed by atoms with Gasteiger partial charge in [-0.15, -0.1) is 0 Å². The summed E-state index contributed by atoms with van der Waals surface area (Å²) in [6.45, 7) is 1.88. The van der Waals surface area contributed by atoms with E-state index in [1.54, 1.807) is 6.07 Å². The molecule has 1 aromatic carbocycles. The zero-order chi connectivity index (χ0) is 13.7. The Balaban J connectivity index is 1.85. The van der Waals surface area contributed by atoms with Crippen molar-refractivity contribution in [2.45, 2.75) is 45.3 Å². The number of amides is 1. The Morgan fingerprint density at radius 1 is 1.42 bits per heavy atom. The van der Waals surface area contributed by atoms with Gasteiger partial charge in [-0.05, 0) is 25.8 Å². The number of aliphatic hydroxyl groups is 1. The van der Waals surface area contributed by atoms with Gasteiger partial charge in [0.2, 0.25) is 0 Å². The van der Waals surface area contributed by atoms with Crippen molar-refractivity contribution in [3.05, 3.63) is 29.3 Å². The molecule has 104 valence electrons. The summed E-state index contributed by atoms with van der Waals surface area (Å²) >= 11 is 0. The molecule has 0 spiro atoms. The fourth-order valence-electron chi connectivity index (χ4n) is 2.46. The van der Waals surface area contributed by atoms with E-state index < -0.39 is 0 Å². The van der Waals surface area contributed by atoms with Gasteiger partial charge in [0.25, 0.3) is 5.91 Å². The van der Waals surface area contributed by atoms with Gasteiger partial charge in [0.1, 0.15) is 5.75 Å². The number of hydrogen-bond acceptors (Lipinski definition) is 3. The summed E-state index contributed by atoms with van der Waals surface area (Å²) < 4.78 is 5.48. The number of carbonyl (C=O) groups excluding carboxylic acids is 1. The second-order valence-electron chi connectivity index (χ2n) is 5.11. The van der Waals surface area contributed by atoms with E-state index in [1.165, 1.54) is 12.8 Å². The van der Waals surface area contributed by atoms with Crippen LogP contribution in [0.4, 0.5) is 0 Å². The minimum Gasteiger partial charge on any atom is -0.483 e. The van der Waals surface area contributed by atoms with Gasteiger partial charge in [-0.25, -0.2) is 0 Å². The number of carbonyl (C=O) groups is 1. The van der Waals surface area contributed by atoms with Crippen molar-refractivity contribution >= 4 is 5.91 Å². The molecule has 0 heterocycles. The van der Waals surface area contributed by atoms with Gasteiger partial charge in [0.15, 0.2) is 6.61 Å². The van der Waals surface area contributed by atoms with Crippen molar-refractivity contribution in [1.82, 2.24) is 5.32 Å². The molecule has 0 radical (unpaired) electrons. The summed E-state index contributed by atoms with van der Waals surface area (Å²) in [5.41, 5.74) is 1.78. The first kappa shape index (κ1) is 13.9. The summed E-state index contributed by atoms with van der Waals surface area (Å²) in [4.78, 5) is 11.7. The molecule has 1 fully saturated rings. The molecular formula is C15H21NO3. The smallest absolute Gasteiger partial charge is 0.258 e. The fraction of sp³-hybridized carbons (Fsp3) is 0.533. The Hall–Kier alpha value is -1.55. The van der Waals surface area contributed by atoms with Crippen molar-refractivity contribution < 1.29 is 14.6 Å². The van der Waals surface area contributed by atoms with Crippen molar-refractivity contribution in [1.29, 1.82) is 0 Å². The van der Waals surface area contributed by atoms with Crippen LogP contribution < -0.4 is 10.1 Å². The molecule has 0 aromatic heterocycles. The average Bonchev–Trinajstić information content (AvgIpc) is 2.90. The van der Waals surface area contributed by atoms with Crippen LogP contribution in [-0.2, 0) is 11.4 Å². The predicted molar refractivity (Wildman–Crippen MR) is 73.0 cm³/mol. The van der Waals surface area contributed by atoms with E-state index in [2.05, 4.69) is 5.32 Å². The van der Waals surface area contributed by atoms with E-state index in [0.29, 0.717) is 17.4 Å². The summed E-state index contributed by atoms with van der Waals surface area (Å²) in [5, 5.41) is 12.2. The molecule has 2 N–H and O–H groups in total. The monoisotopic (exact) mass is 263 g/mol. The molecule has 1 saturated carbocycles. The third-order valence-electron chi connectivity index (χ3n) is 3.47. The van der Waals surface area contributed by atoms with Crippen LogP contribution in [0.2, 0.25) is 0 Å². The number of ether oxygens (including phenoxy) is 1. The molecular weight excluding hydrogens is 242 g/mol. The maximum Gasteiger partial charge on any atom is 0.258 e. The lowest BCUT2D eigenvalue weighted by Crippen LogP contribution is -2.36. The molecule has 0 unspecified atom stereocenters. The largest absolute Gasteiger partial charge is 0.483 e. The first-order chi connectivity index (χ1) is 9.19. The van der Waals surface area contributed by atoms with Crippen LogP contribution in [0, 0.1) is 6.92 Å². The van der Waals surface area contributed by atoms with Gasteiger partial charge in [-0.1, -0.05) is 30.5 Å². The van der Waals surface area contributed by atoms with Gasteiger partial charge in [-0.3, -0.25) is 4.79 Å². The zero-order valence-electron chi connectivity index (χ0n) is 11.3. The topological polar surface area (TPSA) is 58.6 Å². The van der Waals surface area contributed by atoms with Gasteiger partial charge in [-0.2, -0.15) is 0 Å². The maximum absolute atomic E-state index is 11.7. The number of aryl methyl sites for hydroxylation is 1. The molecule has 4 heteroatoms. The molecule has 1 aromatic rings. The minimum absolute atomic E-state index is 0.00651. The lowest BCUT2D eigenvalue weighted by Gasteiger charge is -2.14. The molecule has 4 nitrogen and oxygen atoms in total. The number of benzene rings is 1. The van der Waals surface area contributed by atoms with E-state index in [1.807, 2.05) is 19.1 Å². The summed E-state index contributed by atoms with van der Waals surface area (Å²) in [6.07, 6.45) is 4.52. The second kappa shape index (κ2) is 6.57. The average molecular weight is 263 g/mol. The molecule has 0 aliphatic heterocycles. The van der Waals surface area contributed by atoms with Crippen molar-refractivity contribution in [3.8, 4) is 5.75 Å². The van der Waals surface area contributed by atoms with Crippen LogP contribution in [0.25, 0.3) is 0 Å². The SMILES string of the molecule is Cc1ccc(OCC(=O)NC2CCCC2)c(CO)c1. The normalized spacial score (nSPS) is 15.5. The van der Waals surface area contributed by atoms with Crippen molar-refractivity contribution in [2.24, 2.45) is 0 Å². The zero-order valence-corrected chi connectivity index (χ0v) is 11.3. The van der Waals surface area contributed by atoms with Crippen LogP contribution in [0.3, 0.4) is 0 Å². The van der Waals surface area contributed by atoms with Crippen molar-refractivity contribution in [3.63, 3.8) is 0 Å². The number of rotatable bonds is 5. The Morgan fingerprint density at radius 3 is 2.84 bits per heavy atom. The fourth-order valence-corrected chi connectivity index (χ4v) is 2.46. The molecule has 0 saturated heterocycles. The van der Waals surface area contributed by atoms with E-state index in [4.69, 9.17) is 4.74 Å². The Kier molecular flexibility index (Phi) is 4.80. The molecule has 1 aliphatic rings. The molecule has 2 rings (SSSR count). The van der Waals surface area contributed by atoms with Crippen LogP contribution >= 0.6 is 0 Å². The first-order valence-electron chi connectivity index (χ1n) is 6.81.